The monoisotopic (exact) mass is 311 g/mol. The van der Waals surface area contributed by atoms with E-state index >= 15 is 0 Å². The van der Waals surface area contributed by atoms with Crippen LogP contribution in [-0.4, -0.2) is 26.0 Å². The summed E-state index contributed by atoms with van der Waals surface area (Å²) >= 11 is 3.32. The van der Waals surface area contributed by atoms with E-state index in [2.05, 4.69) is 21.2 Å². The van der Waals surface area contributed by atoms with Gasteiger partial charge in [0.1, 0.15) is 5.75 Å². The van der Waals surface area contributed by atoms with Crippen LogP contribution < -0.4 is 10.1 Å². The molecule has 2 amide bonds. The molecule has 2 rings (SSSR count). The maximum Gasteiger partial charge on any atom is 0.261 e. The molecule has 1 heterocycles. The summed E-state index contributed by atoms with van der Waals surface area (Å²) in [4.78, 5) is 23.5. The maximum absolute atomic E-state index is 11.8. The molecule has 0 aromatic heterocycles. The predicted octanol–water partition coefficient (Wildman–Crippen LogP) is 1.72. The number of ether oxygens (including phenoxy) is 2. The minimum atomic E-state index is -0.480. The van der Waals surface area contributed by atoms with E-state index in [-0.39, 0.29) is 0 Å². The number of halogens is 1. The lowest BCUT2D eigenvalue weighted by atomic mass is 9.95. The number of carbonyl (C=O) groups is 2. The third kappa shape index (κ3) is 1.99. The maximum atomic E-state index is 11.8. The first kappa shape index (κ1) is 12.6. The highest BCUT2D eigenvalue weighted by Crippen LogP contribution is 2.33. The first-order chi connectivity index (χ1) is 8.58. The number of hydrogen-bond acceptors (Lipinski definition) is 4. The van der Waals surface area contributed by atoms with Crippen molar-refractivity contribution in [2.24, 2.45) is 0 Å². The fourth-order valence-corrected chi connectivity index (χ4v) is 2.22. The van der Waals surface area contributed by atoms with Crippen molar-refractivity contribution in [2.45, 2.75) is 0 Å². The molecule has 1 aliphatic heterocycles. The second-order valence-electron chi connectivity index (χ2n) is 3.58. The highest BCUT2D eigenvalue weighted by atomic mass is 79.9. The molecule has 0 fully saturated rings. The van der Waals surface area contributed by atoms with Crippen molar-refractivity contribution in [3.05, 3.63) is 34.0 Å². The molecule has 18 heavy (non-hydrogen) atoms. The van der Waals surface area contributed by atoms with Gasteiger partial charge in [-0.2, -0.15) is 0 Å². The number of benzene rings is 1. The van der Waals surface area contributed by atoms with Crippen LogP contribution in [0, 0.1) is 0 Å². The topological polar surface area (TPSA) is 64.6 Å². The zero-order chi connectivity index (χ0) is 13.3. The Balaban J connectivity index is 2.67. The highest BCUT2D eigenvalue weighted by Gasteiger charge is 2.29. The van der Waals surface area contributed by atoms with Crippen LogP contribution in [0.5, 0.6) is 5.75 Å². The van der Waals surface area contributed by atoms with Gasteiger partial charge in [0.25, 0.3) is 11.8 Å². The van der Waals surface area contributed by atoms with Crippen LogP contribution in [0.2, 0.25) is 0 Å². The minimum Gasteiger partial charge on any atom is -0.504 e. The van der Waals surface area contributed by atoms with Gasteiger partial charge in [-0.15, -0.1) is 0 Å². The molecule has 0 aliphatic carbocycles. The van der Waals surface area contributed by atoms with Crippen LogP contribution in [0.15, 0.2) is 22.9 Å². The van der Waals surface area contributed by atoms with Crippen LogP contribution in [-0.2, 0) is 9.53 Å². The third-order valence-electron chi connectivity index (χ3n) is 2.53. The Morgan fingerprint density at radius 3 is 2.50 bits per heavy atom. The van der Waals surface area contributed by atoms with Crippen molar-refractivity contribution < 1.29 is 19.1 Å². The van der Waals surface area contributed by atoms with E-state index in [1.54, 1.807) is 12.1 Å². The number of rotatable bonds is 2. The van der Waals surface area contributed by atoms with Crippen molar-refractivity contribution in [1.82, 2.24) is 5.32 Å². The summed E-state index contributed by atoms with van der Waals surface area (Å²) in [6, 6.07) is 3.24. The SMILES string of the molecule is CO/C=C1/C(=O)NC(=O)c2cc(OC)c(Br)cc21. The van der Waals surface area contributed by atoms with Crippen molar-refractivity contribution in [2.75, 3.05) is 14.2 Å². The van der Waals surface area contributed by atoms with Gasteiger partial charge < -0.3 is 9.47 Å². The Hall–Kier alpha value is -1.82. The molecule has 0 radical (unpaired) electrons. The third-order valence-corrected chi connectivity index (χ3v) is 3.15. The van der Waals surface area contributed by atoms with Gasteiger partial charge in [-0.1, -0.05) is 0 Å². The number of amides is 2. The van der Waals surface area contributed by atoms with E-state index < -0.39 is 11.8 Å². The molecule has 1 N–H and O–H groups in total. The second kappa shape index (κ2) is 4.81. The highest BCUT2D eigenvalue weighted by molar-refractivity contribution is 9.10. The second-order valence-corrected chi connectivity index (χ2v) is 4.44. The Morgan fingerprint density at radius 2 is 1.89 bits per heavy atom. The van der Waals surface area contributed by atoms with Crippen LogP contribution in [0.25, 0.3) is 5.57 Å². The van der Waals surface area contributed by atoms with Gasteiger partial charge in [0, 0.05) is 5.56 Å². The van der Waals surface area contributed by atoms with E-state index in [1.165, 1.54) is 20.5 Å². The molecule has 0 unspecified atom stereocenters. The Bertz CT molecular complexity index is 565. The average molecular weight is 312 g/mol. The largest absolute Gasteiger partial charge is 0.504 e. The van der Waals surface area contributed by atoms with Crippen molar-refractivity contribution in [1.29, 1.82) is 0 Å². The van der Waals surface area contributed by atoms with E-state index in [1.807, 2.05) is 0 Å². The molecule has 1 aromatic carbocycles. The van der Waals surface area contributed by atoms with Gasteiger partial charge in [-0.25, -0.2) is 0 Å². The molecule has 6 heteroatoms. The molecule has 0 bridgehead atoms. The van der Waals surface area contributed by atoms with Gasteiger partial charge in [-0.05, 0) is 28.1 Å². The number of methoxy groups -OCH3 is 2. The normalized spacial score (nSPS) is 16.3. The average Bonchev–Trinajstić information content (AvgIpc) is 2.34. The lowest BCUT2D eigenvalue weighted by molar-refractivity contribution is -0.114. The predicted molar refractivity (Wildman–Crippen MR) is 68.2 cm³/mol. The van der Waals surface area contributed by atoms with E-state index in [4.69, 9.17) is 9.47 Å². The summed E-state index contributed by atoms with van der Waals surface area (Å²) in [5.41, 5.74) is 1.19. The van der Waals surface area contributed by atoms with Crippen molar-refractivity contribution >= 4 is 33.3 Å². The molecule has 1 aromatic rings. The summed E-state index contributed by atoms with van der Waals surface area (Å²) < 4.78 is 10.6. The van der Waals surface area contributed by atoms with Crippen LogP contribution in [0.3, 0.4) is 0 Å². The molecular formula is C12H10BrNO4. The summed E-state index contributed by atoms with van der Waals surface area (Å²) in [7, 11) is 2.94. The molecular weight excluding hydrogens is 302 g/mol. The Morgan fingerprint density at radius 1 is 1.17 bits per heavy atom. The summed E-state index contributed by atoms with van der Waals surface area (Å²) in [6.07, 6.45) is 1.31. The van der Waals surface area contributed by atoms with Crippen molar-refractivity contribution in [3.8, 4) is 5.75 Å². The number of fused-ring (bicyclic) bond motifs is 1. The molecule has 0 saturated heterocycles. The van der Waals surface area contributed by atoms with Gasteiger partial charge >= 0.3 is 0 Å². The first-order valence-electron chi connectivity index (χ1n) is 5.05. The number of hydrogen-bond donors (Lipinski definition) is 1. The summed E-state index contributed by atoms with van der Waals surface area (Å²) in [5.74, 6) is -0.407. The number of nitrogens with one attached hydrogen (secondary N) is 1. The van der Waals surface area contributed by atoms with E-state index in [9.17, 15) is 9.59 Å². The van der Waals surface area contributed by atoms with Crippen molar-refractivity contribution in [3.63, 3.8) is 0 Å². The Kier molecular flexibility index (Phi) is 3.38. The quantitative estimate of drug-likeness (QED) is 0.513. The van der Waals surface area contributed by atoms with Gasteiger partial charge in [0.05, 0.1) is 36.1 Å². The lowest BCUT2D eigenvalue weighted by Crippen LogP contribution is -2.36. The molecule has 1 aliphatic rings. The van der Waals surface area contributed by atoms with Crippen LogP contribution in [0.4, 0.5) is 0 Å². The molecule has 0 spiro atoms. The summed E-state index contributed by atoms with van der Waals surface area (Å²) in [6.45, 7) is 0. The molecule has 0 saturated carbocycles. The number of imide groups is 1. The smallest absolute Gasteiger partial charge is 0.261 e. The zero-order valence-corrected chi connectivity index (χ0v) is 11.3. The van der Waals surface area contributed by atoms with Gasteiger partial charge in [0.2, 0.25) is 0 Å². The minimum absolute atomic E-state index is 0.301. The number of carbonyl (C=O) groups excluding carboxylic acids is 2. The first-order valence-corrected chi connectivity index (χ1v) is 5.84. The summed E-state index contributed by atoms with van der Waals surface area (Å²) in [5, 5.41) is 2.24. The fraction of sp³-hybridized carbons (Fsp3) is 0.167. The van der Waals surface area contributed by atoms with Crippen LogP contribution in [0.1, 0.15) is 15.9 Å². The molecule has 5 nitrogen and oxygen atoms in total. The fourth-order valence-electron chi connectivity index (χ4n) is 1.72. The molecule has 94 valence electrons. The molecule has 0 atom stereocenters. The van der Waals surface area contributed by atoms with Gasteiger partial charge in [-0.3, -0.25) is 14.9 Å². The van der Waals surface area contributed by atoms with Crippen LogP contribution >= 0.6 is 15.9 Å². The Labute approximate surface area is 112 Å². The van der Waals surface area contributed by atoms with Gasteiger partial charge in [0.15, 0.2) is 0 Å². The lowest BCUT2D eigenvalue weighted by Gasteiger charge is -2.19. The van der Waals surface area contributed by atoms with E-state index in [0.29, 0.717) is 26.9 Å². The van der Waals surface area contributed by atoms with E-state index in [0.717, 1.165) is 0 Å². The zero-order valence-electron chi connectivity index (χ0n) is 9.74. The standard InChI is InChI=1S/C12H10BrNO4/c1-17-5-8-6-3-9(13)10(18-2)4-7(6)11(15)14-12(8)16/h3-5H,1-2H3,(H,14,15,16)/b8-5+.